The number of allylic oxidation sites excluding steroid dienone is 1. The van der Waals surface area contributed by atoms with Gasteiger partial charge in [0.15, 0.2) is 12.2 Å². The molecule has 2 rings (SSSR count). The van der Waals surface area contributed by atoms with Crippen molar-refractivity contribution in [3.63, 3.8) is 0 Å². The number of carboxylic acid groups (broad SMARTS) is 1. The molecule has 2 N–H and O–H groups in total. The summed E-state index contributed by atoms with van der Waals surface area (Å²) in [5.74, 6) is -3.09. The predicted molar refractivity (Wildman–Crippen MR) is 76.9 cm³/mol. The fraction of sp³-hybridized carbons (Fsp3) is 0.400. The van der Waals surface area contributed by atoms with Crippen LogP contribution in [0.25, 0.3) is 0 Å². The molecule has 0 aromatic carbocycles. The Hall–Kier alpha value is -2.65. The molecule has 130 valence electrons. The first-order chi connectivity index (χ1) is 11.4. The lowest BCUT2D eigenvalue weighted by Crippen LogP contribution is -2.35. The van der Waals surface area contributed by atoms with E-state index in [1.807, 2.05) is 0 Å². The van der Waals surface area contributed by atoms with Gasteiger partial charge in [0.1, 0.15) is 18.0 Å². The molecule has 0 unspecified atom stereocenters. The van der Waals surface area contributed by atoms with E-state index in [9.17, 15) is 14.4 Å². The van der Waals surface area contributed by atoms with Crippen molar-refractivity contribution < 1.29 is 43.5 Å². The van der Waals surface area contributed by atoms with Crippen LogP contribution in [-0.4, -0.2) is 65.8 Å². The van der Waals surface area contributed by atoms with Gasteiger partial charge in [0.25, 0.3) is 0 Å². The Kier molecular flexibility index (Phi) is 5.72. The zero-order valence-electron chi connectivity index (χ0n) is 12.5. The number of hydrogen-bond donors (Lipinski definition) is 2. The van der Waals surface area contributed by atoms with Crippen molar-refractivity contribution in [3.8, 4) is 0 Å². The Balaban J connectivity index is 1.87. The van der Waals surface area contributed by atoms with Gasteiger partial charge in [0, 0.05) is 18.2 Å². The standard InChI is InChI=1S/C15H16O9/c1-8(16)2-4-12(19)23-9-6-21-15-10(7-22-14(9)15)24-13(20)5-3-11(17)18/h2-5,9-10,14-16H,1,6-7H2,(H,17,18)/b4-2-,5-3+/t9-,10-,14+,15+/m0/s1. The van der Waals surface area contributed by atoms with E-state index in [-0.39, 0.29) is 19.0 Å². The van der Waals surface area contributed by atoms with Crippen LogP contribution in [0.3, 0.4) is 0 Å². The Labute approximate surface area is 136 Å². The maximum Gasteiger partial charge on any atom is 0.331 e. The number of carboxylic acids is 1. The molecule has 0 aliphatic carbocycles. The second-order valence-electron chi connectivity index (χ2n) is 5.04. The van der Waals surface area contributed by atoms with Gasteiger partial charge < -0.3 is 29.2 Å². The Bertz CT molecular complexity index is 540. The molecule has 9 heteroatoms. The number of hydrogen-bond acceptors (Lipinski definition) is 8. The van der Waals surface area contributed by atoms with E-state index in [0.717, 1.165) is 18.2 Å². The van der Waals surface area contributed by atoms with E-state index < -0.39 is 42.3 Å². The van der Waals surface area contributed by atoms with Crippen LogP contribution < -0.4 is 0 Å². The Morgan fingerprint density at radius 1 is 0.875 bits per heavy atom. The smallest absolute Gasteiger partial charge is 0.331 e. The molecular weight excluding hydrogens is 324 g/mol. The number of esters is 2. The first-order valence-electron chi connectivity index (χ1n) is 6.98. The Morgan fingerprint density at radius 2 is 1.33 bits per heavy atom. The van der Waals surface area contributed by atoms with Gasteiger partial charge in [0.2, 0.25) is 0 Å². The summed E-state index contributed by atoms with van der Waals surface area (Å²) in [5, 5.41) is 17.3. The number of carbonyl (C=O) groups excluding carboxylic acids is 2. The molecular formula is C15H16O9. The molecule has 24 heavy (non-hydrogen) atoms. The van der Waals surface area contributed by atoms with Gasteiger partial charge >= 0.3 is 17.9 Å². The van der Waals surface area contributed by atoms with E-state index in [0.29, 0.717) is 6.08 Å². The summed E-state index contributed by atoms with van der Waals surface area (Å²) >= 11 is 0. The summed E-state index contributed by atoms with van der Waals surface area (Å²) in [6.45, 7) is 3.30. The van der Waals surface area contributed by atoms with Crippen molar-refractivity contribution in [2.75, 3.05) is 13.2 Å². The third kappa shape index (κ3) is 4.67. The largest absolute Gasteiger partial charge is 0.509 e. The third-order valence-corrected chi connectivity index (χ3v) is 3.27. The second-order valence-corrected chi connectivity index (χ2v) is 5.04. The highest BCUT2D eigenvalue weighted by molar-refractivity contribution is 5.90. The van der Waals surface area contributed by atoms with Crippen LogP contribution in [0.2, 0.25) is 0 Å². The van der Waals surface area contributed by atoms with Crippen molar-refractivity contribution in [1.82, 2.24) is 0 Å². The molecule has 0 amide bonds. The van der Waals surface area contributed by atoms with E-state index in [1.165, 1.54) is 0 Å². The van der Waals surface area contributed by atoms with Gasteiger partial charge in [-0.15, -0.1) is 0 Å². The molecule has 0 aromatic heterocycles. The van der Waals surface area contributed by atoms with Crippen LogP contribution in [0.15, 0.2) is 36.6 Å². The predicted octanol–water partition coefficient (Wildman–Crippen LogP) is -0.124. The summed E-state index contributed by atoms with van der Waals surface area (Å²) < 4.78 is 21.1. The topological polar surface area (TPSA) is 129 Å². The van der Waals surface area contributed by atoms with Crippen molar-refractivity contribution in [2.45, 2.75) is 24.4 Å². The fourth-order valence-corrected chi connectivity index (χ4v) is 2.31. The first kappa shape index (κ1) is 17.7. The average Bonchev–Trinajstić information content (AvgIpc) is 3.07. The average molecular weight is 340 g/mol. The number of rotatable bonds is 6. The normalized spacial score (nSPS) is 28.8. The van der Waals surface area contributed by atoms with E-state index in [4.69, 9.17) is 29.2 Å². The zero-order chi connectivity index (χ0) is 17.7. The first-order valence-corrected chi connectivity index (χ1v) is 6.98. The number of carbonyl (C=O) groups is 3. The molecule has 0 spiro atoms. The van der Waals surface area contributed by atoms with Crippen molar-refractivity contribution in [1.29, 1.82) is 0 Å². The number of ether oxygens (including phenoxy) is 4. The SMILES string of the molecule is C=C(O)/C=C\C(=O)O[C@H]1CO[C@H]2[C@@H]1OC[C@@H]2OC(=O)/C=C/C(=O)O. The Morgan fingerprint density at radius 3 is 1.75 bits per heavy atom. The summed E-state index contributed by atoms with van der Waals surface area (Å²) in [5.41, 5.74) is 0. The minimum Gasteiger partial charge on any atom is -0.509 e. The highest BCUT2D eigenvalue weighted by atomic mass is 16.7. The molecule has 2 fully saturated rings. The van der Waals surface area contributed by atoms with Crippen LogP contribution in [-0.2, 0) is 33.3 Å². The van der Waals surface area contributed by atoms with Crippen molar-refractivity contribution in [3.05, 3.63) is 36.6 Å². The third-order valence-electron chi connectivity index (χ3n) is 3.27. The van der Waals surface area contributed by atoms with Gasteiger partial charge in [0.05, 0.1) is 13.2 Å². The molecule has 0 saturated carbocycles. The molecule has 2 heterocycles. The fourth-order valence-electron chi connectivity index (χ4n) is 2.31. The quantitative estimate of drug-likeness (QED) is 0.294. The molecule has 0 bridgehead atoms. The highest BCUT2D eigenvalue weighted by Crippen LogP contribution is 2.30. The van der Waals surface area contributed by atoms with E-state index in [2.05, 4.69) is 6.58 Å². The molecule has 9 nitrogen and oxygen atoms in total. The highest BCUT2D eigenvalue weighted by Gasteiger charge is 2.50. The second kappa shape index (κ2) is 7.75. The molecule has 2 saturated heterocycles. The lowest BCUT2D eigenvalue weighted by atomic mass is 10.1. The van der Waals surface area contributed by atoms with Gasteiger partial charge in [-0.25, -0.2) is 14.4 Å². The summed E-state index contributed by atoms with van der Waals surface area (Å²) in [6.07, 6.45) is 0.937. The summed E-state index contributed by atoms with van der Waals surface area (Å²) in [4.78, 5) is 33.4. The lowest BCUT2D eigenvalue weighted by molar-refractivity contribution is -0.149. The molecule has 0 radical (unpaired) electrons. The number of aliphatic hydroxyl groups excluding tert-OH is 1. The monoisotopic (exact) mass is 340 g/mol. The molecule has 4 atom stereocenters. The van der Waals surface area contributed by atoms with E-state index >= 15 is 0 Å². The lowest BCUT2D eigenvalue weighted by Gasteiger charge is -2.16. The summed E-state index contributed by atoms with van der Waals surface area (Å²) in [7, 11) is 0. The van der Waals surface area contributed by atoms with Crippen LogP contribution in [0.5, 0.6) is 0 Å². The van der Waals surface area contributed by atoms with Gasteiger partial charge in [-0.2, -0.15) is 0 Å². The number of aliphatic hydroxyl groups is 1. The van der Waals surface area contributed by atoms with Crippen molar-refractivity contribution >= 4 is 17.9 Å². The van der Waals surface area contributed by atoms with Crippen molar-refractivity contribution in [2.24, 2.45) is 0 Å². The molecule has 0 aromatic rings. The molecule has 2 aliphatic heterocycles. The van der Waals surface area contributed by atoms with Crippen LogP contribution in [0, 0.1) is 0 Å². The van der Waals surface area contributed by atoms with E-state index in [1.54, 1.807) is 0 Å². The van der Waals surface area contributed by atoms with Crippen LogP contribution in [0.4, 0.5) is 0 Å². The minimum atomic E-state index is -1.27. The van der Waals surface area contributed by atoms with Gasteiger partial charge in [-0.05, 0) is 6.08 Å². The zero-order valence-corrected chi connectivity index (χ0v) is 12.5. The van der Waals surface area contributed by atoms with Gasteiger partial charge in [-0.1, -0.05) is 6.58 Å². The number of fused-ring (bicyclic) bond motifs is 1. The summed E-state index contributed by atoms with van der Waals surface area (Å²) in [6, 6.07) is 0. The molecule has 2 aliphatic rings. The van der Waals surface area contributed by atoms with Crippen LogP contribution >= 0.6 is 0 Å². The van der Waals surface area contributed by atoms with Crippen LogP contribution in [0.1, 0.15) is 0 Å². The number of aliphatic carboxylic acids is 1. The van der Waals surface area contributed by atoms with Gasteiger partial charge in [-0.3, -0.25) is 0 Å². The minimum absolute atomic E-state index is 0.0410. The maximum absolute atomic E-state index is 11.6. The maximum atomic E-state index is 11.6.